The summed E-state index contributed by atoms with van der Waals surface area (Å²) >= 11 is 0. The molecule has 0 bridgehead atoms. The Bertz CT molecular complexity index is 1190. The van der Waals surface area contributed by atoms with Gasteiger partial charge in [-0.3, -0.25) is 0 Å². The van der Waals surface area contributed by atoms with Crippen LogP contribution in [0.1, 0.15) is 41.4 Å². The van der Waals surface area contributed by atoms with E-state index in [1.54, 1.807) is 26.0 Å². The van der Waals surface area contributed by atoms with E-state index in [4.69, 9.17) is 4.74 Å². The van der Waals surface area contributed by atoms with Gasteiger partial charge in [-0.1, -0.05) is 31.5 Å². The first-order valence-corrected chi connectivity index (χ1v) is 10.7. The average molecular weight is 428 g/mol. The maximum Gasteiger partial charge on any atom is 0.341 e. The van der Waals surface area contributed by atoms with Gasteiger partial charge in [-0.25, -0.2) is 27.6 Å². The third-order valence-electron chi connectivity index (χ3n) is 4.54. The number of aromatic nitrogens is 2. The van der Waals surface area contributed by atoms with Crippen LogP contribution >= 0.6 is 0 Å². The quantitative estimate of drug-likeness (QED) is 0.444. The fourth-order valence-electron chi connectivity index (χ4n) is 2.94. The SMILES string of the molecule is COC(=O)c1c(-c2ccc(F)cc2)nc(S(=O)(=O)c2ccc(C)cc2)nc1C(C)C. The molecular weight excluding hydrogens is 407 g/mol. The van der Waals surface area contributed by atoms with Crippen molar-refractivity contribution in [3.63, 3.8) is 0 Å². The topological polar surface area (TPSA) is 86.2 Å². The van der Waals surface area contributed by atoms with E-state index < -0.39 is 26.8 Å². The molecule has 0 radical (unpaired) electrons. The van der Waals surface area contributed by atoms with Crippen molar-refractivity contribution in [2.24, 2.45) is 0 Å². The summed E-state index contributed by atoms with van der Waals surface area (Å²) in [5.74, 6) is -1.46. The number of methoxy groups -OCH3 is 1. The number of sulfone groups is 1. The predicted octanol–water partition coefficient (Wildman–Crippen LogP) is 4.33. The van der Waals surface area contributed by atoms with E-state index in [2.05, 4.69) is 9.97 Å². The molecule has 0 saturated heterocycles. The lowest BCUT2D eigenvalue weighted by atomic mass is 9.98. The van der Waals surface area contributed by atoms with Gasteiger partial charge in [-0.2, -0.15) is 0 Å². The van der Waals surface area contributed by atoms with E-state index in [0.29, 0.717) is 5.56 Å². The standard InChI is InChI=1S/C22H21FN2O4S/c1-13(2)19-18(21(26)29-4)20(15-7-9-16(23)10-8-15)25-22(24-19)30(27,28)17-11-5-14(3)6-12-17/h5-13H,1-4H3. The summed E-state index contributed by atoms with van der Waals surface area (Å²) in [4.78, 5) is 21.1. The summed E-state index contributed by atoms with van der Waals surface area (Å²) in [7, 11) is -2.83. The zero-order valence-corrected chi connectivity index (χ0v) is 17.8. The van der Waals surface area contributed by atoms with Crippen LogP contribution in [0.25, 0.3) is 11.3 Å². The molecule has 0 N–H and O–H groups in total. The Balaban J connectivity index is 2.34. The highest BCUT2D eigenvalue weighted by Crippen LogP contribution is 2.31. The van der Waals surface area contributed by atoms with Gasteiger partial charge < -0.3 is 4.74 Å². The first-order valence-electron chi connectivity index (χ1n) is 9.23. The number of esters is 1. The predicted molar refractivity (Wildman–Crippen MR) is 109 cm³/mol. The van der Waals surface area contributed by atoms with Gasteiger partial charge in [0.15, 0.2) is 0 Å². The van der Waals surface area contributed by atoms with Crippen LogP contribution in [-0.4, -0.2) is 31.5 Å². The normalized spacial score (nSPS) is 11.5. The molecule has 156 valence electrons. The number of carbonyl (C=O) groups is 1. The number of hydrogen-bond donors (Lipinski definition) is 0. The van der Waals surface area contributed by atoms with E-state index in [1.807, 2.05) is 6.92 Å². The maximum atomic E-state index is 13.4. The number of hydrogen-bond acceptors (Lipinski definition) is 6. The van der Waals surface area contributed by atoms with Crippen molar-refractivity contribution in [2.75, 3.05) is 7.11 Å². The van der Waals surface area contributed by atoms with Gasteiger partial charge in [0.05, 0.1) is 23.4 Å². The smallest absolute Gasteiger partial charge is 0.341 e. The highest BCUT2D eigenvalue weighted by Gasteiger charge is 2.29. The van der Waals surface area contributed by atoms with Gasteiger partial charge in [0, 0.05) is 5.56 Å². The Labute approximate surface area is 174 Å². The van der Waals surface area contributed by atoms with Crippen LogP contribution < -0.4 is 0 Å². The Hall–Kier alpha value is -3.13. The fourth-order valence-corrected chi connectivity index (χ4v) is 4.07. The molecule has 0 aliphatic heterocycles. The Kier molecular flexibility index (Phi) is 5.98. The molecule has 2 aromatic carbocycles. The molecule has 0 amide bonds. The lowest BCUT2D eigenvalue weighted by molar-refractivity contribution is 0.0598. The number of benzene rings is 2. The summed E-state index contributed by atoms with van der Waals surface area (Å²) in [6, 6.07) is 11.6. The molecule has 0 unspecified atom stereocenters. The third kappa shape index (κ3) is 4.09. The molecule has 0 atom stereocenters. The van der Waals surface area contributed by atoms with Crippen molar-refractivity contribution in [2.45, 2.75) is 36.7 Å². The second-order valence-corrected chi connectivity index (χ2v) is 8.93. The van der Waals surface area contributed by atoms with E-state index >= 15 is 0 Å². The maximum absolute atomic E-state index is 13.4. The molecule has 0 aliphatic rings. The number of halogens is 1. The number of ether oxygens (including phenoxy) is 1. The van der Waals surface area contributed by atoms with Gasteiger partial charge in [0.25, 0.3) is 5.16 Å². The second kappa shape index (κ2) is 8.31. The van der Waals surface area contributed by atoms with E-state index in [9.17, 15) is 17.6 Å². The van der Waals surface area contributed by atoms with Crippen molar-refractivity contribution < 1.29 is 22.3 Å². The number of aryl methyl sites for hydroxylation is 1. The molecule has 1 aromatic heterocycles. The minimum atomic E-state index is -4.05. The monoisotopic (exact) mass is 428 g/mol. The summed E-state index contributed by atoms with van der Waals surface area (Å²) in [5, 5.41) is -0.429. The summed E-state index contributed by atoms with van der Waals surface area (Å²) in [6.45, 7) is 5.42. The molecule has 1 heterocycles. The number of nitrogens with zero attached hydrogens (tertiary/aromatic N) is 2. The van der Waals surface area contributed by atoms with Crippen LogP contribution in [-0.2, 0) is 14.6 Å². The second-order valence-electron chi connectivity index (χ2n) is 7.08. The molecule has 30 heavy (non-hydrogen) atoms. The lowest BCUT2D eigenvalue weighted by Gasteiger charge is -2.16. The van der Waals surface area contributed by atoms with Gasteiger partial charge in [0.2, 0.25) is 9.84 Å². The first kappa shape index (κ1) is 21.6. The van der Waals surface area contributed by atoms with Crippen LogP contribution in [0.3, 0.4) is 0 Å². The van der Waals surface area contributed by atoms with Crippen molar-refractivity contribution in [1.29, 1.82) is 0 Å². The molecule has 0 fully saturated rings. The van der Waals surface area contributed by atoms with Crippen molar-refractivity contribution in [3.05, 3.63) is 71.2 Å². The minimum absolute atomic E-state index is 0.0404. The fraction of sp³-hybridized carbons (Fsp3) is 0.227. The van der Waals surface area contributed by atoms with Crippen LogP contribution in [0.2, 0.25) is 0 Å². The Morgan fingerprint density at radius 3 is 2.13 bits per heavy atom. The van der Waals surface area contributed by atoms with E-state index in [0.717, 1.165) is 5.56 Å². The molecule has 0 spiro atoms. The molecule has 6 nitrogen and oxygen atoms in total. The third-order valence-corrected chi connectivity index (χ3v) is 6.10. The van der Waals surface area contributed by atoms with Crippen LogP contribution in [0.5, 0.6) is 0 Å². The molecular formula is C22H21FN2O4S. The average Bonchev–Trinajstić information content (AvgIpc) is 2.73. The van der Waals surface area contributed by atoms with Gasteiger partial charge in [0.1, 0.15) is 11.4 Å². The zero-order chi connectivity index (χ0) is 22.1. The highest BCUT2D eigenvalue weighted by molar-refractivity contribution is 7.91. The molecule has 0 saturated carbocycles. The van der Waals surface area contributed by atoms with E-state index in [1.165, 1.54) is 43.5 Å². The first-order chi connectivity index (χ1) is 14.1. The summed E-state index contributed by atoms with van der Waals surface area (Å²) in [5.41, 5.74) is 1.65. The lowest BCUT2D eigenvalue weighted by Crippen LogP contribution is -2.17. The van der Waals surface area contributed by atoms with Crippen molar-refractivity contribution in [1.82, 2.24) is 9.97 Å². The van der Waals surface area contributed by atoms with Crippen molar-refractivity contribution >= 4 is 15.8 Å². The van der Waals surface area contributed by atoms with Gasteiger partial charge in [-0.05, 0) is 49.2 Å². The van der Waals surface area contributed by atoms with Crippen LogP contribution in [0.4, 0.5) is 4.39 Å². The molecule has 0 aliphatic carbocycles. The zero-order valence-electron chi connectivity index (χ0n) is 17.0. The number of rotatable bonds is 5. The highest BCUT2D eigenvalue weighted by atomic mass is 32.2. The molecule has 8 heteroatoms. The van der Waals surface area contributed by atoms with Crippen LogP contribution in [0.15, 0.2) is 58.6 Å². The van der Waals surface area contributed by atoms with Gasteiger partial charge >= 0.3 is 5.97 Å². The Morgan fingerprint density at radius 1 is 1.00 bits per heavy atom. The largest absolute Gasteiger partial charge is 0.465 e. The van der Waals surface area contributed by atoms with E-state index in [-0.39, 0.29) is 27.8 Å². The summed E-state index contributed by atoms with van der Waals surface area (Å²) in [6.07, 6.45) is 0. The minimum Gasteiger partial charge on any atom is -0.465 e. The molecule has 3 rings (SSSR count). The molecule has 3 aromatic rings. The number of carbonyl (C=O) groups excluding carboxylic acids is 1. The Morgan fingerprint density at radius 2 is 1.60 bits per heavy atom. The summed E-state index contributed by atoms with van der Waals surface area (Å²) < 4.78 is 44.7. The van der Waals surface area contributed by atoms with Crippen molar-refractivity contribution in [3.8, 4) is 11.3 Å². The van der Waals surface area contributed by atoms with Crippen LogP contribution in [0, 0.1) is 12.7 Å². The van der Waals surface area contributed by atoms with Gasteiger partial charge in [-0.15, -0.1) is 0 Å².